The minimum atomic E-state index is -0.0759. The number of nitrogens with one attached hydrogen (secondary N) is 1. The lowest BCUT2D eigenvalue weighted by Crippen LogP contribution is -2.45. The molecule has 1 aromatic rings. The Morgan fingerprint density at radius 1 is 1.48 bits per heavy atom. The molecule has 1 fully saturated rings. The third kappa shape index (κ3) is 4.35. The van der Waals surface area contributed by atoms with Crippen LogP contribution in [-0.4, -0.2) is 37.2 Å². The fraction of sp³-hybridized carbons (Fsp3) is 0.562. The number of methoxy groups -OCH3 is 1. The molecule has 1 aliphatic carbocycles. The highest BCUT2D eigenvalue weighted by atomic mass is 35.5. The molecule has 0 saturated heterocycles. The first-order valence-corrected chi connectivity index (χ1v) is 7.81. The Morgan fingerprint density at radius 2 is 2.29 bits per heavy atom. The summed E-state index contributed by atoms with van der Waals surface area (Å²) in [6, 6.07) is 7.43. The summed E-state index contributed by atoms with van der Waals surface area (Å²) < 4.78 is 5.14. The van der Waals surface area contributed by atoms with Crippen molar-refractivity contribution in [2.45, 2.75) is 32.2 Å². The molecule has 2 unspecified atom stereocenters. The van der Waals surface area contributed by atoms with Crippen molar-refractivity contribution in [3.63, 3.8) is 0 Å². The van der Waals surface area contributed by atoms with Crippen molar-refractivity contribution < 1.29 is 9.53 Å². The van der Waals surface area contributed by atoms with Crippen LogP contribution in [0, 0.1) is 5.92 Å². The van der Waals surface area contributed by atoms with E-state index < -0.39 is 0 Å². The molecule has 1 aliphatic rings. The molecule has 0 aromatic heterocycles. The maximum atomic E-state index is 12.6. The lowest BCUT2D eigenvalue weighted by molar-refractivity contribution is 0.126. The Kier molecular flexibility index (Phi) is 5.88. The summed E-state index contributed by atoms with van der Waals surface area (Å²) in [5, 5.41) is 3.55. The van der Waals surface area contributed by atoms with Gasteiger partial charge in [0.05, 0.1) is 6.61 Å². The van der Waals surface area contributed by atoms with Gasteiger partial charge in [-0.2, -0.15) is 0 Å². The molecule has 0 heterocycles. The van der Waals surface area contributed by atoms with Gasteiger partial charge in [-0.05, 0) is 37.0 Å². The first kappa shape index (κ1) is 16.1. The maximum Gasteiger partial charge on any atom is 0.322 e. The molecule has 1 aromatic carbocycles. The van der Waals surface area contributed by atoms with Gasteiger partial charge in [0, 0.05) is 30.4 Å². The van der Waals surface area contributed by atoms with Crippen LogP contribution in [-0.2, 0) is 4.74 Å². The van der Waals surface area contributed by atoms with E-state index in [2.05, 4.69) is 12.2 Å². The minimum absolute atomic E-state index is 0.0759. The molecule has 21 heavy (non-hydrogen) atoms. The van der Waals surface area contributed by atoms with Gasteiger partial charge in [0.15, 0.2) is 0 Å². The fourth-order valence-electron chi connectivity index (χ4n) is 2.96. The predicted molar refractivity (Wildman–Crippen MR) is 85.9 cm³/mol. The average molecular weight is 311 g/mol. The number of anilines is 1. The number of hydrogen-bond donors (Lipinski definition) is 1. The summed E-state index contributed by atoms with van der Waals surface area (Å²) in [6.45, 7) is 3.37. The molecular formula is C16H23ClN2O2. The Labute approximate surface area is 131 Å². The van der Waals surface area contributed by atoms with E-state index >= 15 is 0 Å². The topological polar surface area (TPSA) is 41.6 Å². The van der Waals surface area contributed by atoms with Gasteiger partial charge in [0.2, 0.25) is 0 Å². The van der Waals surface area contributed by atoms with Crippen LogP contribution in [0.5, 0.6) is 0 Å². The van der Waals surface area contributed by atoms with Gasteiger partial charge in [-0.1, -0.05) is 31.0 Å². The lowest BCUT2D eigenvalue weighted by atomic mass is 10.1. The second kappa shape index (κ2) is 7.66. The van der Waals surface area contributed by atoms with Gasteiger partial charge >= 0.3 is 6.03 Å². The van der Waals surface area contributed by atoms with E-state index in [4.69, 9.17) is 16.3 Å². The summed E-state index contributed by atoms with van der Waals surface area (Å²) in [5.41, 5.74) is 0.723. The van der Waals surface area contributed by atoms with Crippen molar-refractivity contribution in [1.82, 2.24) is 4.90 Å². The van der Waals surface area contributed by atoms with Crippen molar-refractivity contribution in [3.05, 3.63) is 29.3 Å². The van der Waals surface area contributed by atoms with E-state index in [0.717, 1.165) is 12.1 Å². The Hall–Kier alpha value is -1.26. The van der Waals surface area contributed by atoms with E-state index in [-0.39, 0.29) is 6.03 Å². The van der Waals surface area contributed by atoms with E-state index in [1.165, 1.54) is 12.8 Å². The van der Waals surface area contributed by atoms with E-state index in [1.54, 1.807) is 19.2 Å². The quantitative estimate of drug-likeness (QED) is 0.893. The largest absolute Gasteiger partial charge is 0.383 e. The normalized spacial score (nSPS) is 21.3. The molecule has 1 saturated carbocycles. The standard InChI is InChI=1S/C16H23ClN2O2/c1-12-5-3-8-15(12)19(9-10-21-2)16(20)18-14-7-4-6-13(17)11-14/h4,6-7,11-12,15H,3,5,8-10H2,1-2H3,(H,18,20). The zero-order valence-corrected chi connectivity index (χ0v) is 13.4. The molecule has 2 amide bonds. The molecule has 0 radical (unpaired) electrons. The van der Waals surface area contributed by atoms with E-state index in [0.29, 0.717) is 30.1 Å². The van der Waals surface area contributed by atoms with Crippen molar-refractivity contribution in [1.29, 1.82) is 0 Å². The van der Waals surface area contributed by atoms with Crippen molar-refractivity contribution >= 4 is 23.3 Å². The highest BCUT2D eigenvalue weighted by Gasteiger charge is 2.31. The molecule has 2 rings (SSSR count). The number of nitrogens with zero attached hydrogens (tertiary/aromatic N) is 1. The number of amides is 2. The molecule has 0 bridgehead atoms. The van der Waals surface area contributed by atoms with Gasteiger partial charge in [-0.3, -0.25) is 0 Å². The molecule has 5 heteroatoms. The molecule has 1 N–H and O–H groups in total. The maximum absolute atomic E-state index is 12.6. The summed E-state index contributed by atoms with van der Waals surface area (Å²) in [7, 11) is 1.66. The van der Waals surface area contributed by atoms with Gasteiger partial charge in [-0.25, -0.2) is 4.79 Å². The van der Waals surface area contributed by atoms with Crippen LogP contribution >= 0.6 is 11.6 Å². The van der Waals surface area contributed by atoms with E-state index in [1.807, 2.05) is 17.0 Å². The third-order valence-corrected chi connectivity index (χ3v) is 4.32. The number of benzene rings is 1. The Bertz CT molecular complexity index is 481. The summed E-state index contributed by atoms with van der Waals surface area (Å²) in [5.74, 6) is 0.534. The zero-order valence-electron chi connectivity index (χ0n) is 12.6. The van der Waals surface area contributed by atoms with Crippen LogP contribution in [0.2, 0.25) is 5.02 Å². The van der Waals surface area contributed by atoms with Crippen LogP contribution < -0.4 is 5.32 Å². The Morgan fingerprint density at radius 3 is 2.90 bits per heavy atom. The monoisotopic (exact) mass is 310 g/mol. The number of urea groups is 1. The first-order valence-electron chi connectivity index (χ1n) is 7.44. The fourth-order valence-corrected chi connectivity index (χ4v) is 3.15. The molecule has 4 nitrogen and oxygen atoms in total. The van der Waals surface area contributed by atoms with Gasteiger partial charge < -0.3 is 15.0 Å². The smallest absolute Gasteiger partial charge is 0.322 e. The molecule has 0 aliphatic heterocycles. The lowest BCUT2D eigenvalue weighted by Gasteiger charge is -2.31. The van der Waals surface area contributed by atoms with Crippen LogP contribution in [0.25, 0.3) is 0 Å². The molecule has 0 spiro atoms. The van der Waals surface area contributed by atoms with Crippen LogP contribution in [0.3, 0.4) is 0 Å². The molecular weight excluding hydrogens is 288 g/mol. The minimum Gasteiger partial charge on any atom is -0.383 e. The first-order chi connectivity index (χ1) is 10.1. The Balaban J connectivity index is 2.06. The van der Waals surface area contributed by atoms with Crippen LogP contribution in [0.15, 0.2) is 24.3 Å². The van der Waals surface area contributed by atoms with Crippen LogP contribution in [0.1, 0.15) is 26.2 Å². The SMILES string of the molecule is COCCN(C(=O)Nc1cccc(Cl)c1)C1CCCC1C. The summed E-state index contributed by atoms with van der Waals surface area (Å²) >= 11 is 5.96. The number of halogens is 1. The summed E-state index contributed by atoms with van der Waals surface area (Å²) in [4.78, 5) is 14.5. The second-order valence-corrected chi connectivity index (χ2v) is 6.04. The zero-order chi connectivity index (χ0) is 15.2. The van der Waals surface area contributed by atoms with E-state index in [9.17, 15) is 4.79 Å². The average Bonchev–Trinajstić information content (AvgIpc) is 2.86. The highest BCUT2D eigenvalue weighted by molar-refractivity contribution is 6.30. The highest BCUT2D eigenvalue weighted by Crippen LogP contribution is 2.30. The number of ether oxygens (including phenoxy) is 1. The van der Waals surface area contributed by atoms with Gasteiger partial charge in [0.1, 0.15) is 0 Å². The summed E-state index contributed by atoms with van der Waals surface area (Å²) in [6.07, 6.45) is 3.42. The van der Waals surface area contributed by atoms with Gasteiger partial charge in [-0.15, -0.1) is 0 Å². The van der Waals surface area contributed by atoms with Crippen molar-refractivity contribution in [3.8, 4) is 0 Å². The number of carbonyl (C=O) groups excluding carboxylic acids is 1. The number of carbonyl (C=O) groups is 1. The molecule has 116 valence electrons. The van der Waals surface area contributed by atoms with Crippen molar-refractivity contribution in [2.75, 3.05) is 25.6 Å². The number of rotatable bonds is 5. The van der Waals surface area contributed by atoms with Crippen molar-refractivity contribution in [2.24, 2.45) is 5.92 Å². The third-order valence-electron chi connectivity index (χ3n) is 4.09. The predicted octanol–water partition coefficient (Wildman–Crippen LogP) is 4.01. The van der Waals surface area contributed by atoms with Gasteiger partial charge in [0.25, 0.3) is 0 Å². The second-order valence-electron chi connectivity index (χ2n) is 5.60. The molecule has 2 atom stereocenters. The number of hydrogen-bond acceptors (Lipinski definition) is 2. The van der Waals surface area contributed by atoms with Crippen LogP contribution in [0.4, 0.5) is 10.5 Å².